The zero-order valence-electron chi connectivity index (χ0n) is 26.1. The van der Waals surface area contributed by atoms with Crippen molar-refractivity contribution in [3.8, 4) is 11.1 Å². The van der Waals surface area contributed by atoms with E-state index in [1.54, 1.807) is 22.5 Å². The largest absolute Gasteiger partial charge is 0.404 e. The fourth-order valence-corrected chi connectivity index (χ4v) is 5.60. The second-order valence-electron chi connectivity index (χ2n) is 10.1. The number of nitrogens with zero attached hydrogens (tertiary/aromatic N) is 3. The third kappa shape index (κ3) is 9.57. The number of hydrogen-bond donors (Lipinski definition) is 2. The lowest BCUT2D eigenvalue weighted by Gasteiger charge is -2.17. The molecule has 1 aromatic heterocycles. The van der Waals surface area contributed by atoms with Gasteiger partial charge in [0.15, 0.2) is 5.84 Å². The molecule has 0 saturated heterocycles. The highest BCUT2D eigenvalue weighted by molar-refractivity contribution is 8.03. The zero-order chi connectivity index (χ0) is 31.7. The van der Waals surface area contributed by atoms with Crippen LogP contribution < -0.4 is 16.6 Å². The smallest absolute Gasteiger partial charge is 0.257 e. The first-order valence-electron chi connectivity index (χ1n) is 14.9. The molecule has 0 atom stereocenters. The quantitative estimate of drug-likeness (QED) is 0.0493. The summed E-state index contributed by atoms with van der Waals surface area (Å²) in [4.78, 5) is 35.9. The van der Waals surface area contributed by atoms with E-state index >= 15 is 0 Å². The van der Waals surface area contributed by atoms with Crippen molar-refractivity contribution in [3.63, 3.8) is 0 Å². The topological polar surface area (TPSA) is 112 Å². The number of thioether (sulfide) groups is 1. The number of hydrogen-bond acceptors (Lipinski definition) is 7. The molecule has 8 nitrogen and oxygen atoms in total. The summed E-state index contributed by atoms with van der Waals surface area (Å²) in [5.74, 6) is 1.89. The Bertz CT molecular complexity index is 1560. The van der Waals surface area contributed by atoms with E-state index in [0.717, 1.165) is 69.9 Å². The van der Waals surface area contributed by atoms with E-state index in [-0.39, 0.29) is 5.56 Å². The fourth-order valence-electron chi connectivity index (χ4n) is 4.77. The number of amides is 1. The van der Waals surface area contributed by atoms with Gasteiger partial charge in [-0.05, 0) is 49.8 Å². The first-order chi connectivity index (χ1) is 21.5. The molecule has 0 fully saturated rings. The number of oxime groups is 1. The van der Waals surface area contributed by atoms with Gasteiger partial charge in [-0.2, -0.15) is 0 Å². The summed E-state index contributed by atoms with van der Waals surface area (Å²) in [6.45, 7) is 6.42. The molecule has 3 N–H and O–H groups in total. The monoisotopic (exact) mass is 613 g/mol. The Morgan fingerprint density at radius 3 is 2.61 bits per heavy atom. The van der Waals surface area contributed by atoms with Gasteiger partial charge in [-0.3, -0.25) is 14.2 Å². The lowest BCUT2D eigenvalue weighted by Crippen LogP contribution is -2.30. The molecule has 0 aliphatic rings. The van der Waals surface area contributed by atoms with Gasteiger partial charge in [-0.25, -0.2) is 4.98 Å². The van der Waals surface area contributed by atoms with Gasteiger partial charge in [0.05, 0.1) is 12.2 Å². The molecule has 0 unspecified atom stereocenters. The van der Waals surface area contributed by atoms with Crippen LogP contribution in [0.25, 0.3) is 11.1 Å². The molecule has 1 amide bonds. The number of allylic oxidation sites excluding steroid dienone is 5. The second-order valence-corrected chi connectivity index (χ2v) is 11.3. The number of benzene rings is 2. The van der Waals surface area contributed by atoms with Gasteiger partial charge in [0.25, 0.3) is 5.56 Å². The van der Waals surface area contributed by atoms with Crippen LogP contribution in [0.5, 0.6) is 0 Å². The number of aryl methyl sites for hydroxylation is 2. The lowest BCUT2D eigenvalue weighted by atomic mass is 9.96. The van der Waals surface area contributed by atoms with Crippen LogP contribution in [0.4, 0.5) is 0 Å². The van der Waals surface area contributed by atoms with Crippen molar-refractivity contribution in [3.05, 3.63) is 123 Å². The SMILES string of the molecule is C/C=C\C=C/CCS/C(=C\N)Cn1c(C)nc(CCCC)c(Cc2ccc(-c3ccccc3/C(=N/OC)NC=O)cc2)c1=O. The van der Waals surface area contributed by atoms with Crippen molar-refractivity contribution >= 4 is 24.0 Å². The normalized spacial score (nSPS) is 12.3. The summed E-state index contributed by atoms with van der Waals surface area (Å²) in [6, 6.07) is 15.7. The summed E-state index contributed by atoms with van der Waals surface area (Å²) < 4.78 is 1.74. The van der Waals surface area contributed by atoms with Crippen LogP contribution in [0.3, 0.4) is 0 Å². The molecule has 3 rings (SSSR count). The Labute approximate surface area is 264 Å². The fraction of sp³-hybridized carbons (Fsp3) is 0.314. The Morgan fingerprint density at radius 2 is 1.93 bits per heavy atom. The van der Waals surface area contributed by atoms with Crippen molar-refractivity contribution < 1.29 is 9.63 Å². The maximum Gasteiger partial charge on any atom is 0.257 e. The Hall–Kier alpha value is -4.37. The van der Waals surface area contributed by atoms with Gasteiger partial charge < -0.3 is 15.9 Å². The number of aromatic nitrogens is 2. The lowest BCUT2D eigenvalue weighted by molar-refractivity contribution is -0.108. The number of rotatable bonds is 16. The van der Waals surface area contributed by atoms with Crippen molar-refractivity contribution in [2.75, 3.05) is 12.9 Å². The van der Waals surface area contributed by atoms with Crippen molar-refractivity contribution in [2.24, 2.45) is 10.9 Å². The van der Waals surface area contributed by atoms with Crippen LogP contribution in [0.2, 0.25) is 0 Å². The molecule has 0 radical (unpaired) electrons. The predicted molar refractivity (Wildman–Crippen MR) is 183 cm³/mol. The Kier molecular flexibility index (Phi) is 14.2. The van der Waals surface area contributed by atoms with E-state index in [2.05, 4.69) is 23.5 Å². The minimum Gasteiger partial charge on any atom is -0.404 e. The van der Waals surface area contributed by atoms with Gasteiger partial charge in [-0.1, -0.05) is 91.3 Å². The second kappa shape index (κ2) is 18.3. The molecule has 1 heterocycles. The minimum absolute atomic E-state index is 0.0219. The molecule has 0 aliphatic heterocycles. The number of unbranched alkanes of at least 4 members (excludes halogenated alkanes) is 1. The van der Waals surface area contributed by atoms with E-state index in [4.69, 9.17) is 15.6 Å². The van der Waals surface area contributed by atoms with Crippen LogP contribution in [0.15, 0.2) is 93.9 Å². The van der Waals surface area contributed by atoms with Crippen molar-refractivity contribution in [1.29, 1.82) is 0 Å². The highest BCUT2D eigenvalue weighted by atomic mass is 32.2. The third-order valence-electron chi connectivity index (χ3n) is 7.02. The molecule has 0 bridgehead atoms. The predicted octanol–water partition coefficient (Wildman–Crippen LogP) is 6.26. The highest BCUT2D eigenvalue weighted by Crippen LogP contribution is 2.26. The first kappa shape index (κ1) is 34.1. The number of nitrogens with two attached hydrogens (primary N) is 1. The van der Waals surface area contributed by atoms with E-state index in [9.17, 15) is 9.59 Å². The average Bonchev–Trinajstić information content (AvgIpc) is 3.04. The number of nitrogens with one attached hydrogen (secondary N) is 1. The Morgan fingerprint density at radius 1 is 1.16 bits per heavy atom. The average molecular weight is 614 g/mol. The van der Waals surface area contributed by atoms with Crippen LogP contribution in [0, 0.1) is 6.92 Å². The third-order valence-corrected chi connectivity index (χ3v) is 8.10. The van der Waals surface area contributed by atoms with E-state index in [1.165, 1.54) is 7.11 Å². The summed E-state index contributed by atoms with van der Waals surface area (Å²) in [7, 11) is 1.43. The van der Waals surface area contributed by atoms with E-state index < -0.39 is 0 Å². The molecular formula is C35H43N5O3S. The molecule has 9 heteroatoms. The summed E-state index contributed by atoms with van der Waals surface area (Å²) >= 11 is 1.66. The van der Waals surface area contributed by atoms with Crippen molar-refractivity contribution in [2.45, 2.75) is 59.4 Å². The summed E-state index contributed by atoms with van der Waals surface area (Å²) in [5.41, 5.74) is 11.1. The summed E-state index contributed by atoms with van der Waals surface area (Å²) in [5, 5.41) is 6.59. The highest BCUT2D eigenvalue weighted by Gasteiger charge is 2.17. The molecular weight excluding hydrogens is 570 g/mol. The maximum atomic E-state index is 14.0. The standard InChI is InChI=1S/C35H43N5O3S/c1-5-7-9-10-13-21-44-29(23-36)24-40-26(3)38-33(16-8-6-2)32(35(40)42)22-27-17-19-28(20-18-27)30-14-11-12-15-31(30)34(37-25-41)39-43-4/h5,7,9-12,14-15,17-20,23,25H,6,8,13,16,21-22,24,36H2,1-4H3,(H,37,39,41)/b7-5-,10-9-,29-23-. The zero-order valence-corrected chi connectivity index (χ0v) is 26.9. The molecule has 232 valence electrons. The maximum absolute atomic E-state index is 14.0. The van der Waals surface area contributed by atoms with Crippen LogP contribution in [-0.4, -0.2) is 34.7 Å². The van der Waals surface area contributed by atoms with Gasteiger partial charge in [0.2, 0.25) is 6.41 Å². The molecule has 44 heavy (non-hydrogen) atoms. The van der Waals surface area contributed by atoms with Gasteiger partial charge >= 0.3 is 0 Å². The molecule has 3 aromatic rings. The van der Waals surface area contributed by atoms with Crippen LogP contribution in [-0.2, 0) is 29.0 Å². The van der Waals surface area contributed by atoms with Gasteiger partial charge in [-0.15, -0.1) is 11.8 Å². The molecule has 2 aromatic carbocycles. The molecule has 0 aliphatic carbocycles. The first-order valence-corrected chi connectivity index (χ1v) is 15.9. The van der Waals surface area contributed by atoms with Crippen LogP contribution in [0.1, 0.15) is 61.3 Å². The van der Waals surface area contributed by atoms with Crippen LogP contribution >= 0.6 is 11.8 Å². The number of carbonyl (C=O) groups excluding carboxylic acids is 1. The minimum atomic E-state index is -0.0219. The van der Waals surface area contributed by atoms with Gasteiger partial charge in [0, 0.05) is 34.4 Å². The summed E-state index contributed by atoms with van der Waals surface area (Å²) in [6.07, 6.45) is 14.5. The number of amidine groups is 1. The van der Waals surface area contributed by atoms with Gasteiger partial charge in [0.1, 0.15) is 12.9 Å². The molecule has 0 spiro atoms. The number of carbonyl (C=O) groups is 1. The molecule has 0 saturated carbocycles. The van der Waals surface area contributed by atoms with E-state index in [0.29, 0.717) is 31.0 Å². The Balaban J connectivity index is 1.90. The van der Waals surface area contributed by atoms with Crippen molar-refractivity contribution in [1.82, 2.24) is 14.9 Å². The van der Waals surface area contributed by atoms with E-state index in [1.807, 2.05) is 80.6 Å².